The Kier molecular flexibility index (Phi) is 7.20. The lowest BCUT2D eigenvalue weighted by molar-refractivity contribution is -0.386. The SMILES string of the molecule is CC[C@H](CNC(=O)c1cc(OC)c(OC)c(OC)c1[N+](=O)[O-])c1ccccc1. The topological polar surface area (TPSA) is 99.9 Å². The molecule has 1 N–H and O–H groups in total. The predicted octanol–water partition coefficient (Wildman–Crippen LogP) is 3.54. The van der Waals surface area contributed by atoms with Crippen molar-refractivity contribution in [3.8, 4) is 17.2 Å². The van der Waals surface area contributed by atoms with Gasteiger partial charge in [-0.2, -0.15) is 0 Å². The van der Waals surface area contributed by atoms with Gasteiger partial charge in [0.25, 0.3) is 5.91 Å². The van der Waals surface area contributed by atoms with Crippen molar-refractivity contribution in [3.63, 3.8) is 0 Å². The summed E-state index contributed by atoms with van der Waals surface area (Å²) in [5, 5.41) is 14.4. The van der Waals surface area contributed by atoms with Crippen LogP contribution in [0.15, 0.2) is 36.4 Å². The van der Waals surface area contributed by atoms with E-state index in [9.17, 15) is 14.9 Å². The molecule has 2 aromatic rings. The number of nitro benzene ring substituents is 1. The predicted molar refractivity (Wildman–Crippen MR) is 105 cm³/mol. The minimum absolute atomic E-state index is 0.0592. The van der Waals surface area contributed by atoms with Crippen LogP contribution in [0.4, 0.5) is 5.69 Å². The molecular formula is C20H24N2O6. The normalized spacial score (nSPS) is 11.4. The Morgan fingerprint density at radius 3 is 2.25 bits per heavy atom. The third-order valence-electron chi connectivity index (χ3n) is 4.50. The quantitative estimate of drug-likeness (QED) is 0.521. The highest BCUT2D eigenvalue weighted by Crippen LogP contribution is 2.46. The maximum Gasteiger partial charge on any atom is 0.327 e. The van der Waals surface area contributed by atoms with Gasteiger partial charge in [0, 0.05) is 18.5 Å². The maximum absolute atomic E-state index is 12.8. The Hall–Kier alpha value is -3.29. The Balaban J connectivity index is 2.37. The first-order valence-corrected chi connectivity index (χ1v) is 8.78. The molecule has 0 saturated carbocycles. The molecule has 8 heteroatoms. The minimum atomic E-state index is -0.662. The van der Waals surface area contributed by atoms with Gasteiger partial charge in [0.05, 0.1) is 26.3 Å². The molecule has 0 aliphatic rings. The first-order valence-electron chi connectivity index (χ1n) is 8.78. The van der Waals surface area contributed by atoms with Gasteiger partial charge in [0.15, 0.2) is 5.75 Å². The highest BCUT2D eigenvalue weighted by atomic mass is 16.6. The number of methoxy groups -OCH3 is 3. The molecule has 0 unspecified atom stereocenters. The van der Waals surface area contributed by atoms with E-state index in [-0.39, 0.29) is 28.7 Å². The molecule has 150 valence electrons. The zero-order chi connectivity index (χ0) is 20.7. The van der Waals surface area contributed by atoms with E-state index >= 15 is 0 Å². The fourth-order valence-electron chi connectivity index (χ4n) is 3.03. The molecule has 0 radical (unpaired) electrons. The van der Waals surface area contributed by atoms with E-state index in [4.69, 9.17) is 14.2 Å². The van der Waals surface area contributed by atoms with Gasteiger partial charge in [-0.25, -0.2) is 0 Å². The number of hydrogen-bond donors (Lipinski definition) is 1. The van der Waals surface area contributed by atoms with Crippen LogP contribution in [0.2, 0.25) is 0 Å². The monoisotopic (exact) mass is 388 g/mol. The number of nitrogens with one attached hydrogen (secondary N) is 1. The van der Waals surface area contributed by atoms with E-state index in [0.29, 0.717) is 6.54 Å². The van der Waals surface area contributed by atoms with Gasteiger partial charge in [-0.1, -0.05) is 37.3 Å². The van der Waals surface area contributed by atoms with Gasteiger partial charge < -0.3 is 19.5 Å². The molecule has 0 fully saturated rings. The Bertz CT molecular complexity index is 838. The second-order valence-corrected chi connectivity index (χ2v) is 6.02. The number of nitrogens with zero attached hydrogens (tertiary/aromatic N) is 1. The maximum atomic E-state index is 12.8. The lowest BCUT2D eigenvalue weighted by Crippen LogP contribution is -2.29. The number of amides is 1. The van der Waals surface area contributed by atoms with Crippen molar-refractivity contribution < 1.29 is 23.9 Å². The first-order chi connectivity index (χ1) is 13.5. The summed E-state index contributed by atoms with van der Waals surface area (Å²) in [6.45, 7) is 2.36. The van der Waals surface area contributed by atoms with Crippen LogP contribution in [0.3, 0.4) is 0 Å². The summed E-state index contributed by atoms with van der Waals surface area (Å²) in [5.41, 5.74) is 0.470. The second-order valence-electron chi connectivity index (χ2n) is 6.02. The van der Waals surface area contributed by atoms with Crippen molar-refractivity contribution in [1.29, 1.82) is 0 Å². The largest absolute Gasteiger partial charge is 0.493 e. The summed E-state index contributed by atoms with van der Waals surface area (Å²) in [6, 6.07) is 11.1. The van der Waals surface area contributed by atoms with Crippen LogP contribution in [0.1, 0.15) is 35.2 Å². The van der Waals surface area contributed by atoms with Gasteiger partial charge in [0.1, 0.15) is 5.56 Å². The molecule has 1 atom stereocenters. The summed E-state index contributed by atoms with van der Waals surface area (Å²) < 4.78 is 15.5. The number of nitro groups is 1. The van der Waals surface area contributed by atoms with Crippen molar-refractivity contribution in [3.05, 3.63) is 57.6 Å². The molecule has 1 amide bonds. The molecule has 0 aromatic heterocycles. The summed E-state index contributed by atoms with van der Waals surface area (Å²) >= 11 is 0. The number of carbonyl (C=O) groups excluding carboxylic acids is 1. The molecule has 2 aromatic carbocycles. The summed E-state index contributed by atoms with van der Waals surface area (Å²) in [7, 11) is 4.00. The van der Waals surface area contributed by atoms with Crippen LogP contribution in [0.5, 0.6) is 17.2 Å². The van der Waals surface area contributed by atoms with Gasteiger partial charge >= 0.3 is 5.69 Å². The van der Waals surface area contributed by atoms with Crippen molar-refractivity contribution in [2.24, 2.45) is 0 Å². The fourth-order valence-corrected chi connectivity index (χ4v) is 3.03. The van der Waals surface area contributed by atoms with Crippen LogP contribution in [0, 0.1) is 10.1 Å². The molecule has 0 spiro atoms. The van der Waals surface area contributed by atoms with E-state index in [2.05, 4.69) is 5.32 Å². The minimum Gasteiger partial charge on any atom is -0.493 e. The van der Waals surface area contributed by atoms with Crippen molar-refractivity contribution in [1.82, 2.24) is 5.32 Å². The molecular weight excluding hydrogens is 364 g/mol. The Morgan fingerprint density at radius 2 is 1.75 bits per heavy atom. The van der Waals surface area contributed by atoms with E-state index in [0.717, 1.165) is 12.0 Å². The van der Waals surface area contributed by atoms with Crippen molar-refractivity contribution >= 4 is 11.6 Å². The standard InChI is InChI=1S/C20H24N2O6/c1-5-13(14-9-7-6-8-10-14)12-21-20(23)15-11-16(26-2)18(27-3)19(28-4)17(15)22(24)25/h6-11,13H,5,12H2,1-4H3,(H,21,23)/t13-/m1/s1. The molecule has 2 rings (SSSR count). The van der Waals surface area contributed by atoms with Crippen LogP contribution >= 0.6 is 0 Å². The van der Waals surface area contributed by atoms with Gasteiger partial charge in [0.2, 0.25) is 11.5 Å². The second kappa shape index (κ2) is 9.59. The Morgan fingerprint density at radius 1 is 1.11 bits per heavy atom. The van der Waals surface area contributed by atoms with Crippen LogP contribution < -0.4 is 19.5 Å². The van der Waals surface area contributed by atoms with E-state index in [1.807, 2.05) is 37.3 Å². The molecule has 0 heterocycles. The van der Waals surface area contributed by atoms with E-state index in [1.54, 1.807) is 0 Å². The third-order valence-corrected chi connectivity index (χ3v) is 4.50. The average molecular weight is 388 g/mol. The summed E-state index contributed by atoms with van der Waals surface area (Å²) in [5.74, 6) is -0.423. The number of benzene rings is 2. The highest BCUT2D eigenvalue weighted by molar-refractivity contribution is 6.00. The van der Waals surface area contributed by atoms with E-state index < -0.39 is 16.5 Å². The molecule has 8 nitrogen and oxygen atoms in total. The van der Waals surface area contributed by atoms with Crippen LogP contribution in [0.25, 0.3) is 0 Å². The average Bonchev–Trinajstić information content (AvgIpc) is 2.72. The number of rotatable bonds is 9. The zero-order valence-corrected chi connectivity index (χ0v) is 16.4. The molecule has 0 aliphatic heterocycles. The first kappa shape index (κ1) is 21.0. The Labute approximate surface area is 163 Å². The number of carbonyl (C=O) groups is 1. The van der Waals surface area contributed by atoms with Gasteiger partial charge in [-0.3, -0.25) is 14.9 Å². The summed E-state index contributed by atoms with van der Waals surface area (Å²) in [6.07, 6.45) is 0.807. The number of ether oxygens (including phenoxy) is 3. The van der Waals surface area contributed by atoms with Crippen LogP contribution in [-0.2, 0) is 0 Å². The van der Waals surface area contributed by atoms with Gasteiger partial charge in [-0.05, 0) is 12.0 Å². The van der Waals surface area contributed by atoms with Crippen molar-refractivity contribution in [2.75, 3.05) is 27.9 Å². The lowest BCUT2D eigenvalue weighted by Gasteiger charge is -2.18. The number of hydrogen-bond acceptors (Lipinski definition) is 6. The van der Waals surface area contributed by atoms with E-state index in [1.165, 1.54) is 27.4 Å². The third kappa shape index (κ3) is 4.33. The molecule has 0 saturated heterocycles. The highest BCUT2D eigenvalue weighted by Gasteiger charge is 2.32. The van der Waals surface area contributed by atoms with Gasteiger partial charge in [-0.15, -0.1) is 0 Å². The molecule has 0 aliphatic carbocycles. The van der Waals surface area contributed by atoms with Crippen LogP contribution in [-0.4, -0.2) is 38.7 Å². The van der Waals surface area contributed by atoms with Crippen molar-refractivity contribution in [2.45, 2.75) is 19.3 Å². The zero-order valence-electron chi connectivity index (χ0n) is 16.4. The smallest absolute Gasteiger partial charge is 0.327 e. The summed E-state index contributed by atoms with van der Waals surface area (Å²) in [4.78, 5) is 23.8. The lowest BCUT2D eigenvalue weighted by atomic mass is 9.96. The molecule has 0 bridgehead atoms. The fraction of sp³-hybridized carbons (Fsp3) is 0.350. The molecule has 28 heavy (non-hydrogen) atoms.